The molecule has 0 aromatic heterocycles. The summed E-state index contributed by atoms with van der Waals surface area (Å²) in [5.74, 6) is 0. The average Bonchev–Trinajstić information content (AvgIpc) is 1.63. The summed E-state index contributed by atoms with van der Waals surface area (Å²) in [5.41, 5.74) is 0.764. The van der Waals surface area contributed by atoms with E-state index in [0.29, 0.717) is 0 Å². The lowest BCUT2D eigenvalue weighted by atomic mass is 10.1. The zero-order valence-electron chi connectivity index (χ0n) is 6.55. The van der Waals surface area contributed by atoms with E-state index in [-0.39, 0.29) is 0 Å². The van der Waals surface area contributed by atoms with Crippen molar-refractivity contribution in [2.24, 2.45) is 0 Å². The second-order valence-electron chi connectivity index (χ2n) is 2.41. The van der Waals surface area contributed by atoms with E-state index in [0.717, 1.165) is 5.60 Å². The average molecular weight is 124 g/mol. The SMILES string of the molecule is [B]C(=CN(C)C)N(C)C. The molecule has 50 valence electrons. The van der Waals surface area contributed by atoms with Crippen LogP contribution in [0, 0.1) is 0 Å². The minimum absolute atomic E-state index is 0.764. The van der Waals surface area contributed by atoms with Gasteiger partial charge in [-0.1, -0.05) is 0 Å². The van der Waals surface area contributed by atoms with Gasteiger partial charge in [-0.3, -0.25) is 0 Å². The van der Waals surface area contributed by atoms with Gasteiger partial charge in [0.15, 0.2) is 0 Å². The first-order chi connectivity index (χ1) is 4.04. The van der Waals surface area contributed by atoms with Crippen molar-refractivity contribution in [3.05, 3.63) is 11.8 Å². The van der Waals surface area contributed by atoms with Gasteiger partial charge in [-0.2, -0.15) is 0 Å². The summed E-state index contributed by atoms with van der Waals surface area (Å²) in [6, 6.07) is 0. The van der Waals surface area contributed by atoms with E-state index in [4.69, 9.17) is 7.85 Å². The van der Waals surface area contributed by atoms with Gasteiger partial charge in [-0.15, -0.1) is 0 Å². The van der Waals surface area contributed by atoms with Crippen molar-refractivity contribution in [2.45, 2.75) is 0 Å². The van der Waals surface area contributed by atoms with Crippen LogP contribution in [-0.2, 0) is 0 Å². The van der Waals surface area contributed by atoms with Gasteiger partial charge in [-0.25, -0.2) is 0 Å². The largest absolute Gasteiger partial charge is 0.389 e. The summed E-state index contributed by atoms with van der Waals surface area (Å²) in [4.78, 5) is 3.77. The summed E-state index contributed by atoms with van der Waals surface area (Å²) in [6.07, 6.45) is 1.86. The van der Waals surface area contributed by atoms with Gasteiger partial charge in [0.25, 0.3) is 0 Å². The molecule has 0 bridgehead atoms. The van der Waals surface area contributed by atoms with Crippen molar-refractivity contribution < 1.29 is 0 Å². The molecule has 2 radical (unpaired) electrons. The van der Waals surface area contributed by atoms with Gasteiger partial charge in [-0.05, 0) is 5.60 Å². The van der Waals surface area contributed by atoms with E-state index in [1.807, 2.05) is 44.2 Å². The Labute approximate surface area is 58.5 Å². The van der Waals surface area contributed by atoms with Crippen LogP contribution in [0.2, 0.25) is 0 Å². The Morgan fingerprint density at radius 2 is 1.67 bits per heavy atom. The van der Waals surface area contributed by atoms with Gasteiger partial charge in [0.1, 0.15) is 7.85 Å². The molecule has 0 fully saturated rings. The second-order valence-corrected chi connectivity index (χ2v) is 2.41. The molecule has 0 aliphatic carbocycles. The molecular weight excluding hydrogens is 111 g/mol. The van der Waals surface area contributed by atoms with E-state index < -0.39 is 0 Å². The van der Waals surface area contributed by atoms with Crippen LogP contribution in [-0.4, -0.2) is 45.8 Å². The number of hydrogen-bond acceptors (Lipinski definition) is 2. The number of nitrogens with zero attached hydrogens (tertiary/aromatic N) is 2. The summed E-state index contributed by atoms with van der Waals surface area (Å²) < 4.78 is 0. The Morgan fingerprint density at radius 3 is 1.78 bits per heavy atom. The van der Waals surface area contributed by atoms with Crippen LogP contribution < -0.4 is 0 Å². The van der Waals surface area contributed by atoms with Crippen molar-refractivity contribution in [3.8, 4) is 0 Å². The zero-order chi connectivity index (χ0) is 7.44. The number of hydrogen-bond donors (Lipinski definition) is 0. The molecule has 0 N–H and O–H groups in total. The summed E-state index contributed by atoms with van der Waals surface area (Å²) >= 11 is 0. The normalized spacial score (nSPS) is 11.3. The molecule has 0 saturated carbocycles. The van der Waals surface area contributed by atoms with Gasteiger partial charge < -0.3 is 9.80 Å². The minimum atomic E-state index is 0.764. The van der Waals surface area contributed by atoms with E-state index >= 15 is 0 Å². The lowest BCUT2D eigenvalue weighted by molar-refractivity contribution is 0.499. The number of rotatable bonds is 2. The fourth-order valence-electron chi connectivity index (χ4n) is 0.380. The molecule has 3 heteroatoms. The summed E-state index contributed by atoms with van der Waals surface area (Å²) in [5, 5.41) is 0. The molecule has 2 nitrogen and oxygen atoms in total. The van der Waals surface area contributed by atoms with Crippen LogP contribution in [0.25, 0.3) is 0 Å². The quantitative estimate of drug-likeness (QED) is 0.481. The molecule has 0 unspecified atom stereocenters. The molecule has 0 rings (SSSR count). The Kier molecular flexibility index (Phi) is 3.21. The van der Waals surface area contributed by atoms with Crippen molar-refractivity contribution in [2.75, 3.05) is 28.2 Å². The van der Waals surface area contributed by atoms with Gasteiger partial charge in [0.2, 0.25) is 0 Å². The lowest BCUT2D eigenvalue weighted by Gasteiger charge is -2.16. The predicted octanol–water partition coefficient (Wildman–Crippen LogP) is 0.0770. The molecule has 0 spiro atoms. The van der Waals surface area contributed by atoms with Gasteiger partial charge in [0.05, 0.1) is 0 Å². The van der Waals surface area contributed by atoms with Crippen LogP contribution in [0.15, 0.2) is 11.8 Å². The molecule has 0 atom stereocenters. The monoisotopic (exact) mass is 124 g/mol. The highest BCUT2D eigenvalue weighted by Crippen LogP contribution is 1.91. The predicted molar refractivity (Wildman–Crippen MR) is 41.2 cm³/mol. The molecule has 0 aliphatic rings. The second kappa shape index (κ2) is 3.43. The third kappa shape index (κ3) is 3.95. The molecule has 0 heterocycles. The first kappa shape index (κ1) is 8.40. The maximum absolute atomic E-state index is 5.56. The maximum atomic E-state index is 5.56. The first-order valence-corrected chi connectivity index (χ1v) is 2.85. The highest BCUT2D eigenvalue weighted by molar-refractivity contribution is 6.20. The zero-order valence-corrected chi connectivity index (χ0v) is 6.55. The molecule has 0 amide bonds. The molecule has 0 aromatic rings. The summed E-state index contributed by atoms with van der Waals surface area (Å²) in [7, 11) is 13.3. The molecular formula is C6H13BN2. The fraction of sp³-hybridized carbons (Fsp3) is 0.667. The molecule has 0 aliphatic heterocycles. The fourth-order valence-corrected chi connectivity index (χ4v) is 0.380. The van der Waals surface area contributed by atoms with Crippen molar-refractivity contribution in [3.63, 3.8) is 0 Å². The van der Waals surface area contributed by atoms with E-state index in [9.17, 15) is 0 Å². The van der Waals surface area contributed by atoms with Crippen LogP contribution in [0.5, 0.6) is 0 Å². The maximum Gasteiger partial charge on any atom is 0.140 e. The Balaban J connectivity index is 3.84. The van der Waals surface area contributed by atoms with Gasteiger partial charge in [0, 0.05) is 34.4 Å². The Hall–Kier alpha value is -0.595. The Bertz CT molecular complexity index is 108. The third-order valence-corrected chi connectivity index (χ3v) is 0.907. The molecule has 0 saturated heterocycles. The Morgan fingerprint density at radius 1 is 1.22 bits per heavy atom. The van der Waals surface area contributed by atoms with E-state index in [2.05, 4.69) is 0 Å². The van der Waals surface area contributed by atoms with Crippen molar-refractivity contribution in [1.29, 1.82) is 0 Å². The van der Waals surface area contributed by atoms with Crippen LogP contribution in [0.1, 0.15) is 0 Å². The molecule has 9 heavy (non-hydrogen) atoms. The standard InChI is InChI=1S/C6H13BN2/c1-8(2)5-6(7)9(3)4/h5H,1-4H3. The van der Waals surface area contributed by atoms with E-state index in [1.54, 1.807) is 0 Å². The van der Waals surface area contributed by atoms with Crippen molar-refractivity contribution >= 4 is 7.85 Å². The summed E-state index contributed by atoms with van der Waals surface area (Å²) in [6.45, 7) is 0. The molecule has 0 aromatic carbocycles. The third-order valence-electron chi connectivity index (χ3n) is 0.907. The lowest BCUT2D eigenvalue weighted by Crippen LogP contribution is -2.14. The smallest absolute Gasteiger partial charge is 0.140 e. The van der Waals surface area contributed by atoms with Crippen molar-refractivity contribution in [1.82, 2.24) is 9.80 Å². The van der Waals surface area contributed by atoms with Crippen LogP contribution >= 0.6 is 0 Å². The van der Waals surface area contributed by atoms with Crippen LogP contribution in [0.3, 0.4) is 0 Å². The highest BCUT2D eigenvalue weighted by Gasteiger charge is 1.88. The minimum Gasteiger partial charge on any atom is -0.389 e. The van der Waals surface area contributed by atoms with Crippen LogP contribution in [0.4, 0.5) is 0 Å². The van der Waals surface area contributed by atoms with Gasteiger partial charge >= 0.3 is 0 Å². The van der Waals surface area contributed by atoms with E-state index in [1.165, 1.54) is 0 Å². The topological polar surface area (TPSA) is 6.48 Å². The first-order valence-electron chi connectivity index (χ1n) is 2.85. The highest BCUT2D eigenvalue weighted by atomic mass is 15.1.